The van der Waals surface area contributed by atoms with Gasteiger partial charge in [0, 0.05) is 17.0 Å². The molecule has 2 N–H and O–H groups in total. The number of para-hydroxylation sites is 1. The molecule has 0 saturated carbocycles. The van der Waals surface area contributed by atoms with E-state index in [1.54, 1.807) is 18.3 Å². The zero-order chi connectivity index (χ0) is 22.9. The summed E-state index contributed by atoms with van der Waals surface area (Å²) in [6.07, 6.45) is 3.09. The number of nitrogens with one attached hydrogen (secondary N) is 2. The van der Waals surface area contributed by atoms with E-state index >= 15 is 0 Å². The smallest absolute Gasteiger partial charge is 0.233 e. The number of aromatic nitrogens is 2. The van der Waals surface area contributed by atoms with Crippen molar-refractivity contribution in [3.8, 4) is 34.5 Å². The Bertz CT molecular complexity index is 1320. The number of aromatic amines is 1. The minimum atomic E-state index is -3.52. The van der Waals surface area contributed by atoms with E-state index in [4.69, 9.17) is 4.74 Å². The number of imidazole rings is 1. The molecule has 0 bridgehead atoms. The molecule has 7 nitrogen and oxygen atoms in total. The molecule has 1 aliphatic carbocycles. The summed E-state index contributed by atoms with van der Waals surface area (Å²) in [5, 5.41) is 10.4. The second-order valence-corrected chi connectivity index (χ2v) is 9.56. The van der Waals surface area contributed by atoms with E-state index in [1.165, 1.54) is 0 Å². The van der Waals surface area contributed by atoms with Crippen LogP contribution in [0.4, 0.5) is 0 Å². The van der Waals surface area contributed by atoms with E-state index in [2.05, 4.69) is 27.3 Å². The summed E-state index contributed by atoms with van der Waals surface area (Å²) in [5.41, 5.74) is 5.01. The molecular formula is C24H24N4O3S. The maximum absolute atomic E-state index is 12.0. The molecule has 0 spiro atoms. The highest BCUT2D eigenvalue weighted by molar-refractivity contribution is 7.92. The molecule has 0 radical (unpaired) electrons. The monoisotopic (exact) mass is 448 g/mol. The number of benzene rings is 2. The fourth-order valence-electron chi connectivity index (χ4n) is 4.04. The summed E-state index contributed by atoms with van der Waals surface area (Å²) in [5.74, 6) is 1.11. The molecule has 0 fully saturated rings. The van der Waals surface area contributed by atoms with Gasteiger partial charge in [-0.1, -0.05) is 30.8 Å². The van der Waals surface area contributed by atoms with Crippen LogP contribution in [0.25, 0.3) is 22.6 Å². The highest BCUT2D eigenvalue weighted by Gasteiger charge is 2.28. The van der Waals surface area contributed by atoms with Crippen LogP contribution in [0.15, 0.2) is 54.6 Å². The molecule has 4 rings (SSSR count). The fourth-order valence-corrected chi connectivity index (χ4v) is 4.78. The number of hydrogen-bond donors (Lipinski definition) is 2. The number of sulfonamides is 1. The van der Waals surface area contributed by atoms with Crippen LogP contribution >= 0.6 is 0 Å². The van der Waals surface area contributed by atoms with Crippen LogP contribution in [0, 0.1) is 11.3 Å². The third-order valence-electron chi connectivity index (χ3n) is 5.41. The number of ether oxygens (including phenoxy) is 1. The molecule has 0 amide bonds. The van der Waals surface area contributed by atoms with Gasteiger partial charge in [-0.15, -0.1) is 0 Å². The SMILES string of the molecule is C=CS(=O)(=O)NC1CCc2c(-c3cnc(-c4cccc(C#N)c4OC(C)C)[nH]3)cccc21. The van der Waals surface area contributed by atoms with Gasteiger partial charge in [0.25, 0.3) is 0 Å². The molecule has 1 aliphatic rings. The predicted molar refractivity (Wildman–Crippen MR) is 123 cm³/mol. The Hall–Kier alpha value is -3.41. The molecular weight excluding hydrogens is 424 g/mol. The van der Waals surface area contributed by atoms with Gasteiger partial charge < -0.3 is 9.72 Å². The van der Waals surface area contributed by atoms with Crippen LogP contribution in [0.3, 0.4) is 0 Å². The number of H-pyrrole nitrogens is 1. The predicted octanol–water partition coefficient (Wildman–Crippen LogP) is 4.45. The summed E-state index contributed by atoms with van der Waals surface area (Å²) in [6, 6.07) is 13.2. The van der Waals surface area contributed by atoms with Crippen LogP contribution in [-0.2, 0) is 16.4 Å². The quantitative estimate of drug-likeness (QED) is 0.555. The summed E-state index contributed by atoms with van der Waals surface area (Å²) in [4.78, 5) is 7.91. The van der Waals surface area contributed by atoms with E-state index < -0.39 is 10.0 Å². The average Bonchev–Trinajstić information content (AvgIpc) is 3.41. The first-order chi connectivity index (χ1) is 15.3. The van der Waals surface area contributed by atoms with Crippen molar-refractivity contribution in [2.45, 2.75) is 38.8 Å². The first-order valence-corrected chi connectivity index (χ1v) is 11.9. The molecule has 0 aliphatic heterocycles. The third kappa shape index (κ3) is 4.17. The van der Waals surface area contributed by atoms with Gasteiger partial charge in [-0.3, -0.25) is 0 Å². The van der Waals surface area contributed by atoms with Gasteiger partial charge in [0.05, 0.1) is 29.1 Å². The van der Waals surface area contributed by atoms with Crippen molar-refractivity contribution in [1.82, 2.24) is 14.7 Å². The van der Waals surface area contributed by atoms with Crippen molar-refractivity contribution in [1.29, 1.82) is 5.26 Å². The Kier molecular flexibility index (Phi) is 5.87. The Morgan fingerprint density at radius 1 is 1.28 bits per heavy atom. The molecule has 1 unspecified atom stereocenters. The first kappa shape index (κ1) is 21.8. The summed E-state index contributed by atoms with van der Waals surface area (Å²) in [6.45, 7) is 7.20. The number of fused-ring (bicyclic) bond motifs is 1. The Morgan fingerprint density at radius 2 is 2.03 bits per heavy atom. The van der Waals surface area contributed by atoms with Gasteiger partial charge in [-0.05, 0) is 49.9 Å². The van der Waals surface area contributed by atoms with Crippen LogP contribution in [-0.4, -0.2) is 24.5 Å². The number of nitrogens with zero attached hydrogens (tertiary/aromatic N) is 2. The highest BCUT2D eigenvalue weighted by atomic mass is 32.2. The fraction of sp³-hybridized carbons (Fsp3) is 0.250. The lowest BCUT2D eigenvalue weighted by Gasteiger charge is -2.14. The van der Waals surface area contributed by atoms with Gasteiger partial charge in [-0.25, -0.2) is 18.1 Å². The Labute approximate surface area is 187 Å². The Morgan fingerprint density at radius 3 is 2.75 bits per heavy atom. The zero-order valence-corrected chi connectivity index (χ0v) is 18.7. The number of rotatable bonds is 7. The minimum absolute atomic E-state index is 0.0913. The van der Waals surface area contributed by atoms with E-state index in [9.17, 15) is 13.7 Å². The standard InChI is InChI=1S/C24H24N4O3S/c1-4-32(29,30)28-21-12-11-17-18(21)8-6-9-19(17)22-14-26-24(27-22)20-10-5-7-16(13-25)23(20)31-15(2)3/h4-10,14-15,21,28H,1,11-12H2,2-3H3,(H,26,27). The lowest BCUT2D eigenvalue weighted by Crippen LogP contribution is -2.25. The lowest BCUT2D eigenvalue weighted by atomic mass is 10.0. The van der Waals surface area contributed by atoms with Gasteiger partial charge in [-0.2, -0.15) is 5.26 Å². The van der Waals surface area contributed by atoms with Crippen LogP contribution < -0.4 is 9.46 Å². The van der Waals surface area contributed by atoms with Crippen molar-refractivity contribution < 1.29 is 13.2 Å². The zero-order valence-electron chi connectivity index (χ0n) is 17.9. The highest BCUT2D eigenvalue weighted by Crippen LogP contribution is 2.39. The second-order valence-electron chi connectivity index (χ2n) is 7.90. The van der Waals surface area contributed by atoms with Crippen molar-refractivity contribution >= 4 is 10.0 Å². The van der Waals surface area contributed by atoms with E-state index in [0.717, 1.165) is 34.2 Å². The largest absolute Gasteiger partial charge is 0.489 e. The Balaban J connectivity index is 1.72. The third-order valence-corrected chi connectivity index (χ3v) is 6.46. The average molecular weight is 449 g/mol. The number of hydrogen-bond acceptors (Lipinski definition) is 5. The van der Waals surface area contributed by atoms with Crippen molar-refractivity contribution in [2.24, 2.45) is 0 Å². The molecule has 32 heavy (non-hydrogen) atoms. The topological polar surface area (TPSA) is 108 Å². The summed E-state index contributed by atoms with van der Waals surface area (Å²) in [7, 11) is -3.52. The van der Waals surface area contributed by atoms with Crippen molar-refractivity contribution in [2.75, 3.05) is 0 Å². The lowest BCUT2D eigenvalue weighted by molar-refractivity contribution is 0.242. The van der Waals surface area contributed by atoms with Gasteiger partial charge in [0.1, 0.15) is 17.6 Å². The van der Waals surface area contributed by atoms with E-state index in [-0.39, 0.29) is 12.1 Å². The molecule has 2 aromatic carbocycles. The van der Waals surface area contributed by atoms with E-state index in [0.29, 0.717) is 29.1 Å². The summed E-state index contributed by atoms with van der Waals surface area (Å²) < 4.78 is 32.5. The van der Waals surface area contributed by atoms with Gasteiger partial charge in [0.2, 0.25) is 10.0 Å². The molecule has 0 saturated heterocycles. The van der Waals surface area contributed by atoms with Gasteiger partial charge in [0.15, 0.2) is 0 Å². The molecule has 1 atom stereocenters. The van der Waals surface area contributed by atoms with Crippen LogP contribution in [0.1, 0.15) is 43.0 Å². The maximum Gasteiger partial charge on any atom is 0.233 e. The normalized spacial score (nSPS) is 15.4. The maximum atomic E-state index is 12.0. The molecule has 8 heteroatoms. The van der Waals surface area contributed by atoms with E-state index in [1.807, 2.05) is 38.1 Å². The second kappa shape index (κ2) is 8.61. The summed E-state index contributed by atoms with van der Waals surface area (Å²) >= 11 is 0. The van der Waals surface area contributed by atoms with Crippen LogP contribution in [0.5, 0.6) is 5.75 Å². The van der Waals surface area contributed by atoms with Gasteiger partial charge >= 0.3 is 0 Å². The van der Waals surface area contributed by atoms with Crippen molar-refractivity contribution in [3.63, 3.8) is 0 Å². The first-order valence-electron chi connectivity index (χ1n) is 10.3. The van der Waals surface area contributed by atoms with Crippen LogP contribution in [0.2, 0.25) is 0 Å². The molecule has 1 heterocycles. The van der Waals surface area contributed by atoms with Crippen molar-refractivity contribution in [3.05, 3.63) is 71.3 Å². The number of nitriles is 1. The molecule has 164 valence electrons. The minimum Gasteiger partial charge on any atom is -0.489 e. The molecule has 3 aromatic rings. The molecule has 1 aromatic heterocycles.